The Morgan fingerprint density at radius 3 is 1.38 bits per heavy atom. The van der Waals surface area contributed by atoms with E-state index in [1.54, 1.807) is 0 Å². The molecule has 296 valence electrons. The fourth-order valence-corrected chi connectivity index (χ4v) is 14.9. The predicted molar refractivity (Wildman–Crippen MR) is 266 cm³/mol. The summed E-state index contributed by atoms with van der Waals surface area (Å²) in [5, 5.41) is 6.36. The van der Waals surface area contributed by atoms with Gasteiger partial charge in [0.15, 0.2) is 14.3 Å². The fraction of sp³-hybridized carbons (Fsp3) is 0.148. The molecule has 1 aliphatic rings. The molecule has 0 N–H and O–H groups in total. The maximum Gasteiger partial charge on any atom is 0.171 e. The molecule has 0 amide bonds. The molecule has 8 rings (SSSR count). The lowest BCUT2D eigenvalue weighted by Gasteiger charge is -2.31. The number of fused-ring (bicyclic) bond motifs is 2. The van der Waals surface area contributed by atoms with Gasteiger partial charge >= 0.3 is 0 Å². The van der Waals surface area contributed by atoms with E-state index in [0.29, 0.717) is 11.7 Å². The first-order valence-corrected chi connectivity index (χ1v) is 31.1. The smallest absolute Gasteiger partial charge is 0.171 e. The number of rotatable bonds is 7. The van der Waals surface area contributed by atoms with Crippen LogP contribution in [0.1, 0.15) is 23.1 Å². The molecule has 0 fully saturated rings. The highest BCUT2D eigenvalue weighted by Gasteiger charge is 2.39. The summed E-state index contributed by atoms with van der Waals surface area (Å²) in [6.45, 7) is 13.6. The Balaban J connectivity index is 1.61. The summed E-state index contributed by atoms with van der Waals surface area (Å²) >= 11 is 0. The molecule has 0 radical (unpaired) electrons. The molecule has 0 atom stereocenters. The molecule has 0 aliphatic heterocycles. The fourth-order valence-electron chi connectivity index (χ4n) is 8.17. The van der Waals surface area contributed by atoms with Gasteiger partial charge in [-0.2, -0.15) is 0 Å². The second kappa shape index (κ2) is 16.5. The normalized spacial score (nSPS) is 13.0. The predicted octanol–water partition coefficient (Wildman–Crippen LogP) is 11.2. The highest BCUT2D eigenvalue weighted by Crippen LogP contribution is 2.52. The molecule has 0 bridgehead atoms. The summed E-state index contributed by atoms with van der Waals surface area (Å²) in [5.41, 5.74) is 13.0. The van der Waals surface area contributed by atoms with Crippen LogP contribution in [0.25, 0.3) is 27.5 Å². The average Bonchev–Trinajstić information content (AvgIpc) is 3.27. The van der Waals surface area contributed by atoms with Crippen LogP contribution >= 0.6 is 14.3 Å². The summed E-state index contributed by atoms with van der Waals surface area (Å²) in [6.07, 6.45) is 3.76. The molecule has 2 nitrogen and oxygen atoms in total. The molecule has 0 unspecified atom stereocenters. The van der Waals surface area contributed by atoms with Gasteiger partial charge in [-0.25, -0.2) is 0 Å². The monoisotopic (exact) mass is 848 g/mol. The lowest BCUT2D eigenvalue weighted by atomic mass is 9.84. The third-order valence-electron chi connectivity index (χ3n) is 10.9. The van der Waals surface area contributed by atoms with Crippen LogP contribution in [0.2, 0.25) is 39.3 Å². The van der Waals surface area contributed by atoms with Gasteiger partial charge < -0.3 is 9.13 Å². The van der Waals surface area contributed by atoms with Crippen molar-refractivity contribution in [1.29, 1.82) is 0 Å². The first-order chi connectivity index (χ1) is 28.8. The van der Waals surface area contributed by atoms with Crippen molar-refractivity contribution in [3.63, 3.8) is 0 Å². The molecule has 6 heteroatoms. The quantitative estimate of drug-likeness (QED) is 0.0910. The zero-order chi connectivity index (χ0) is 42.1. The molecule has 0 spiro atoms. The Bertz CT molecular complexity index is 2910. The Hall–Kier alpha value is -5.45. The Labute approximate surface area is 358 Å². The summed E-state index contributed by atoms with van der Waals surface area (Å²) in [5.74, 6) is 7.22. The van der Waals surface area contributed by atoms with Crippen molar-refractivity contribution < 1.29 is 9.13 Å². The standard InChI is InChI=1S/C54H50O2P2Si2/c1-59(2,3)39-37-41-21-19-31-49-47(41)33-35-51(57(55,43-23-11-7-12-24-43)44-25-13-8-14-26-44)53(49)54-50-32-20-22-42(38-40-60(4,5)6)48(50)34-36-52(54)58(56,45-27-15-9-16-28-45)46-29-17-10-18-30-46/h7-19,21-31,33-36H,20,32H2,1-6H3. The molecule has 7 aromatic rings. The van der Waals surface area contributed by atoms with Crippen LogP contribution in [-0.2, 0) is 15.6 Å². The Morgan fingerprint density at radius 2 is 0.900 bits per heavy atom. The number of allylic oxidation sites excluding steroid dienone is 2. The van der Waals surface area contributed by atoms with Gasteiger partial charge in [-0.05, 0) is 58.5 Å². The Morgan fingerprint density at radius 1 is 0.450 bits per heavy atom. The minimum atomic E-state index is -3.60. The van der Waals surface area contributed by atoms with E-state index < -0.39 is 30.4 Å². The van der Waals surface area contributed by atoms with Gasteiger partial charge in [0.2, 0.25) is 0 Å². The van der Waals surface area contributed by atoms with E-state index in [1.165, 1.54) is 0 Å². The van der Waals surface area contributed by atoms with Crippen LogP contribution in [0.5, 0.6) is 0 Å². The molecular formula is C54H50O2P2Si2. The average molecular weight is 849 g/mol. The molecule has 1 aliphatic carbocycles. The first-order valence-electron chi connectivity index (χ1n) is 20.7. The lowest BCUT2D eigenvalue weighted by molar-refractivity contribution is 0.591. The van der Waals surface area contributed by atoms with Gasteiger partial charge in [-0.15, -0.1) is 11.1 Å². The van der Waals surface area contributed by atoms with Gasteiger partial charge in [0, 0.05) is 48.5 Å². The van der Waals surface area contributed by atoms with Crippen molar-refractivity contribution in [2.75, 3.05) is 0 Å². The van der Waals surface area contributed by atoms with Crippen LogP contribution in [0.15, 0.2) is 170 Å². The van der Waals surface area contributed by atoms with Crippen molar-refractivity contribution in [3.8, 4) is 34.1 Å². The minimum absolute atomic E-state index is 0.714. The van der Waals surface area contributed by atoms with E-state index in [9.17, 15) is 0 Å². The molecular weight excluding hydrogens is 799 g/mol. The highest BCUT2D eigenvalue weighted by molar-refractivity contribution is 7.86. The molecule has 60 heavy (non-hydrogen) atoms. The van der Waals surface area contributed by atoms with Crippen molar-refractivity contribution in [1.82, 2.24) is 0 Å². The SMILES string of the molecule is C[Si](C)(C)C#CC1=CCCc2c1ccc(P(=O)(c1ccccc1)c1ccccc1)c2-c1c(P(=O)(c2ccccc2)c2ccccc2)ccc2c(C#C[Si](C)(C)C)cccc12. The first kappa shape index (κ1) is 41.3. The number of benzene rings is 7. The second-order valence-corrected chi connectivity index (χ2v) is 32.5. The summed E-state index contributed by atoms with van der Waals surface area (Å²) in [6, 6.07) is 54.4. The van der Waals surface area contributed by atoms with Crippen molar-refractivity contribution >= 4 is 78.6 Å². The van der Waals surface area contributed by atoms with Crippen molar-refractivity contribution in [2.24, 2.45) is 0 Å². The zero-order valence-electron chi connectivity index (χ0n) is 35.3. The summed E-state index contributed by atoms with van der Waals surface area (Å²) < 4.78 is 33.7. The largest absolute Gasteiger partial charge is 0.309 e. The highest BCUT2D eigenvalue weighted by atomic mass is 31.2. The summed E-state index contributed by atoms with van der Waals surface area (Å²) in [4.78, 5) is 0. The van der Waals surface area contributed by atoms with Crippen molar-refractivity contribution in [2.45, 2.75) is 52.1 Å². The van der Waals surface area contributed by atoms with E-state index in [-0.39, 0.29) is 0 Å². The van der Waals surface area contributed by atoms with Crippen molar-refractivity contribution in [3.05, 3.63) is 187 Å². The van der Waals surface area contributed by atoms with Crippen LogP contribution in [-0.4, -0.2) is 16.1 Å². The topological polar surface area (TPSA) is 34.1 Å². The molecule has 0 aromatic heterocycles. The number of hydrogen-bond donors (Lipinski definition) is 0. The minimum Gasteiger partial charge on any atom is -0.309 e. The molecule has 0 saturated carbocycles. The number of hydrogen-bond acceptors (Lipinski definition) is 2. The van der Waals surface area contributed by atoms with Gasteiger partial charge in [0.25, 0.3) is 0 Å². The van der Waals surface area contributed by atoms with E-state index >= 15 is 9.13 Å². The zero-order valence-corrected chi connectivity index (χ0v) is 39.1. The Kier molecular flexibility index (Phi) is 11.4. The second-order valence-electron chi connectivity index (χ2n) is 17.6. The van der Waals surface area contributed by atoms with Gasteiger partial charge in [0.1, 0.15) is 16.1 Å². The third-order valence-corrected chi connectivity index (χ3v) is 18.9. The molecule has 0 saturated heterocycles. The van der Waals surface area contributed by atoms with Crippen LogP contribution in [0, 0.1) is 22.9 Å². The maximum atomic E-state index is 16.8. The van der Waals surface area contributed by atoms with Gasteiger partial charge in [-0.1, -0.05) is 203 Å². The van der Waals surface area contributed by atoms with Crippen LogP contribution in [0.3, 0.4) is 0 Å². The summed E-state index contributed by atoms with van der Waals surface area (Å²) in [7, 11) is -10.7. The van der Waals surface area contributed by atoms with E-state index in [4.69, 9.17) is 0 Å². The van der Waals surface area contributed by atoms with E-state index in [0.717, 1.165) is 77.1 Å². The van der Waals surface area contributed by atoms with Gasteiger partial charge in [-0.3, -0.25) is 0 Å². The lowest BCUT2D eigenvalue weighted by Crippen LogP contribution is -2.31. The van der Waals surface area contributed by atoms with E-state index in [2.05, 4.69) is 111 Å². The van der Waals surface area contributed by atoms with E-state index in [1.807, 2.05) is 121 Å². The van der Waals surface area contributed by atoms with Crippen LogP contribution in [0.4, 0.5) is 0 Å². The molecule has 7 aromatic carbocycles. The molecule has 0 heterocycles. The maximum absolute atomic E-state index is 16.8. The van der Waals surface area contributed by atoms with Crippen LogP contribution < -0.4 is 31.8 Å². The van der Waals surface area contributed by atoms with Gasteiger partial charge in [0.05, 0.1) is 0 Å². The third kappa shape index (κ3) is 7.95.